The minimum absolute atomic E-state index is 0.125. The quantitative estimate of drug-likeness (QED) is 0.766. The van der Waals surface area contributed by atoms with Gasteiger partial charge in [-0.1, -0.05) is 12.1 Å². The van der Waals surface area contributed by atoms with E-state index in [9.17, 15) is 17.6 Å². The largest absolute Gasteiger partial charge is 0.419 e. The number of thiophene rings is 1. The van der Waals surface area contributed by atoms with Gasteiger partial charge in [0.25, 0.3) is 0 Å². The maximum atomic E-state index is 13.9. The van der Waals surface area contributed by atoms with Gasteiger partial charge in [0, 0.05) is 27.4 Å². The molecule has 0 saturated carbocycles. The summed E-state index contributed by atoms with van der Waals surface area (Å²) in [4.78, 5) is 0.870. The number of nitrogens with two attached hydrogens (primary N) is 1. The van der Waals surface area contributed by atoms with Gasteiger partial charge in [0.15, 0.2) is 0 Å². The van der Waals surface area contributed by atoms with Gasteiger partial charge in [-0.05, 0) is 33.4 Å². The highest BCUT2D eigenvalue weighted by atomic mass is 79.9. The molecule has 0 saturated heterocycles. The van der Waals surface area contributed by atoms with Crippen LogP contribution in [-0.2, 0) is 12.6 Å². The van der Waals surface area contributed by atoms with Gasteiger partial charge in [-0.2, -0.15) is 13.2 Å². The van der Waals surface area contributed by atoms with Crippen molar-refractivity contribution < 1.29 is 17.6 Å². The summed E-state index contributed by atoms with van der Waals surface area (Å²) >= 11 is 4.73. The molecule has 0 bridgehead atoms. The molecule has 0 fully saturated rings. The lowest BCUT2D eigenvalue weighted by atomic mass is 10.00. The van der Waals surface area contributed by atoms with E-state index in [1.165, 1.54) is 23.5 Å². The molecule has 1 nitrogen and oxygen atoms in total. The molecule has 2 rings (SSSR count). The Labute approximate surface area is 125 Å². The van der Waals surface area contributed by atoms with E-state index in [1.54, 1.807) is 0 Å². The highest BCUT2D eigenvalue weighted by molar-refractivity contribution is 9.10. The molecule has 2 aromatic rings. The van der Waals surface area contributed by atoms with E-state index in [0.29, 0.717) is 6.07 Å². The molecule has 1 atom stereocenters. The second kappa shape index (κ2) is 5.83. The lowest BCUT2D eigenvalue weighted by Crippen LogP contribution is -2.18. The molecular weight excluding hydrogens is 358 g/mol. The molecule has 0 radical (unpaired) electrons. The van der Waals surface area contributed by atoms with E-state index in [0.717, 1.165) is 9.35 Å². The van der Waals surface area contributed by atoms with Crippen LogP contribution >= 0.6 is 27.3 Å². The lowest BCUT2D eigenvalue weighted by Gasteiger charge is -2.16. The molecule has 0 amide bonds. The number of alkyl halides is 3. The van der Waals surface area contributed by atoms with Crippen molar-refractivity contribution in [1.82, 2.24) is 0 Å². The van der Waals surface area contributed by atoms with Gasteiger partial charge in [0.05, 0.1) is 5.56 Å². The summed E-state index contributed by atoms with van der Waals surface area (Å²) in [6, 6.07) is 4.16. The number of halogens is 5. The molecule has 1 aromatic carbocycles. The summed E-state index contributed by atoms with van der Waals surface area (Å²) in [7, 11) is 0. The molecule has 20 heavy (non-hydrogen) atoms. The second-order valence-electron chi connectivity index (χ2n) is 4.21. The van der Waals surface area contributed by atoms with Crippen LogP contribution in [0.25, 0.3) is 0 Å². The Balaban J connectivity index is 2.31. The standard InChI is InChI=1S/C13H10BrF4NS/c14-9-4-5-20-11(9)6-10(19)7-2-1-3-8(12(7)15)13(16,17)18/h1-5,10H,6,19H2. The molecule has 108 valence electrons. The highest BCUT2D eigenvalue weighted by Gasteiger charge is 2.35. The zero-order valence-electron chi connectivity index (χ0n) is 10.0. The molecular formula is C13H10BrF4NS. The number of hydrogen-bond acceptors (Lipinski definition) is 2. The van der Waals surface area contributed by atoms with Crippen LogP contribution in [0.3, 0.4) is 0 Å². The maximum absolute atomic E-state index is 13.9. The molecule has 7 heteroatoms. The van der Waals surface area contributed by atoms with Crippen molar-refractivity contribution in [2.24, 2.45) is 5.73 Å². The highest BCUT2D eigenvalue weighted by Crippen LogP contribution is 2.35. The molecule has 2 N–H and O–H groups in total. The Morgan fingerprint density at radius 2 is 1.95 bits per heavy atom. The Hall–Kier alpha value is -0.920. The minimum atomic E-state index is -4.72. The first-order valence-electron chi connectivity index (χ1n) is 5.63. The normalized spacial score (nSPS) is 13.5. The van der Waals surface area contributed by atoms with Gasteiger partial charge in [0.1, 0.15) is 5.82 Å². The summed E-state index contributed by atoms with van der Waals surface area (Å²) < 4.78 is 52.7. The average Bonchev–Trinajstić information content (AvgIpc) is 2.73. The summed E-state index contributed by atoms with van der Waals surface area (Å²) in [5.41, 5.74) is 4.44. The van der Waals surface area contributed by atoms with E-state index in [4.69, 9.17) is 5.73 Å². The van der Waals surface area contributed by atoms with Gasteiger partial charge >= 0.3 is 6.18 Å². The smallest absolute Gasteiger partial charge is 0.324 e. The van der Waals surface area contributed by atoms with E-state index in [1.807, 2.05) is 11.4 Å². The molecule has 1 unspecified atom stereocenters. The Morgan fingerprint density at radius 1 is 1.25 bits per heavy atom. The predicted molar refractivity (Wildman–Crippen MR) is 74.1 cm³/mol. The number of hydrogen-bond donors (Lipinski definition) is 1. The van der Waals surface area contributed by atoms with Crippen molar-refractivity contribution in [3.05, 3.63) is 55.9 Å². The van der Waals surface area contributed by atoms with Crippen molar-refractivity contribution in [1.29, 1.82) is 0 Å². The zero-order chi connectivity index (χ0) is 14.9. The average molecular weight is 368 g/mol. The molecule has 0 aliphatic rings. The van der Waals surface area contributed by atoms with E-state index < -0.39 is 23.6 Å². The number of rotatable bonds is 3. The maximum Gasteiger partial charge on any atom is 0.419 e. The Kier molecular flexibility index (Phi) is 4.51. The summed E-state index contributed by atoms with van der Waals surface area (Å²) in [5, 5.41) is 1.83. The molecule has 1 aromatic heterocycles. The monoisotopic (exact) mass is 367 g/mol. The van der Waals surface area contributed by atoms with Crippen LogP contribution in [0.15, 0.2) is 34.1 Å². The zero-order valence-corrected chi connectivity index (χ0v) is 12.4. The van der Waals surface area contributed by atoms with Crippen molar-refractivity contribution >= 4 is 27.3 Å². The fourth-order valence-corrected chi connectivity index (χ4v) is 3.41. The van der Waals surface area contributed by atoms with Crippen LogP contribution in [0.5, 0.6) is 0 Å². The first kappa shape index (κ1) is 15.5. The fourth-order valence-electron chi connectivity index (χ4n) is 1.84. The third-order valence-electron chi connectivity index (χ3n) is 2.83. The lowest BCUT2D eigenvalue weighted by molar-refractivity contribution is -0.140. The van der Waals surface area contributed by atoms with Crippen LogP contribution in [0.1, 0.15) is 22.0 Å². The summed E-state index contributed by atoms with van der Waals surface area (Å²) in [6.07, 6.45) is -4.44. The summed E-state index contributed by atoms with van der Waals surface area (Å²) in [6.45, 7) is 0. The van der Waals surface area contributed by atoms with Crippen LogP contribution in [-0.4, -0.2) is 0 Å². The van der Waals surface area contributed by atoms with Gasteiger partial charge < -0.3 is 5.73 Å². The number of benzene rings is 1. The van der Waals surface area contributed by atoms with Crippen LogP contribution in [0.2, 0.25) is 0 Å². The van der Waals surface area contributed by atoms with Gasteiger partial charge in [-0.3, -0.25) is 0 Å². The van der Waals surface area contributed by atoms with Crippen molar-refractivity contribution in [2.75, 3.05) is 0 Å². The van der Waals surface area contributed by atoms with Crippen LogP contribution in [0.4, 0.5) is 17.6 Å². The van der Waals surface area contributed by atoms with E-state index >= 15 is 0 Å². The first-order chi connectivity index (χ1) is 9.30. The molecule has 1 heterocycles. The van der Waals surface area contributed by atoms with Crippen molar-refractivity contribution in [3.63, 3.8) is 0 Å². The van der Waals surface area contributed by atoms with E-state index in [-0.39, 0.29) is 12.0 Å². The van der Waals surface area contributed by atoms with Gasteiger partial charge in [-0.25, -0.2) is 4.39 Å². The van der Waals surface area contributed by atoms with Crippen LogP contribution in [0, 0.1) is 5.82 Å². The van der Waals surface area contributed by atoms with Gasteiger partial charge in [0.2, 0.25) is 0 Å². The molecule has 0 aliphatic carbocycles. The topological polar surface area (TPSA) is 26.0 Å². The van der Waals surface area contributed by atoms with Gasteiger partial charge in [-0.15, -0.1) is 11.3 Å². The van der Waals surface area contributed by atoms with E-state index in [2.05, 4.69) is 15.9 Å². The first-order valence-corrected chi connectivity index (χ1v) is 7.31. The second-order valence-corrected chi connectivity index (χ2v) is 6.06. The third-order valence-corrected chi connectivity index (χ3v) is 4.78. The summed E-state index contributed by atoms with van der Waals surface area (Å²) in [5.74, 6) is -1.29. The molecule has 0 spiro atoms. The fraction of sp³-hybridized carbons (Fsp3) is 0.231. The minimum Gasteiger partial charge on any atom is -0.324 e. The van der Waals surface area contributed by atoms with Crippen molar-refractivity contribution in [3.8, 4) is 0 Å². The predicted octanol–water partition coefficient (Wildman–Crippen LogP) is 4.91. The van der Waals surface area contributed by atoms with Crippen molar-refractivity contribution in [2.45, 2.75) is 18.6 Å². The Morgan fingerprint density at radius 3 is 2.50 bits per heavy atom. The Bertz CT molecular complexity index is 609. The third kappa shape index (κ3) is 3.21. The SMILES string of the molecule is NC(Cc1sccc1Br)c1cccc(C(F)(F)F)c1F. The molecule has 0 aliphatic heterocycles. The van der Waals surface area contributed by atoms with Crippen LogP contribution < -0.4 is 5.73 Å².